The zero-order valence-corrected chi connectivity index (χ0v) is 14.4. The average molecular weight is 370 g/mol. The van der Waals surface area contributed by atoms with Gasteiger partial charge in [-0.2, -0.15) is 0 Å². The number of aliphatic imine (C=N–C) groups is 1. The third-order valence-corrected chi connectivity index (χ3v) is 2.46. The van der Waals surface area contributed by atoms with Gasteiger partial charge in [-0.1, -0.05) is 20.8 Å². The summed E-state index contributed by atoms with van der Waals surface area (Å²) in [5, 5.41) is 9.25. The fourth-order valence-electron chi connectivity index (χ4n) is 1.10. The number of carbonyl (C=O) groups is 1. The molecule has 0 rings (SSSR count). The van der Waals surface area contributed by atoms with Crippen LogP contribution in [0.5, 0.6) is 0 Å². The zero-order valence-electron chi connectivity index (χ0n) is 12.0. The molecule has 0 aliphatic heterocycles. The number of hydrogen-bond acceptors (Lipinski definition) is 2. The van der Waals surface area contributed by atoms with Crippen molar-refractivity contribution in [3.8, 4) is 0 Å². The molecule has 1 atom stereocenters. The maximum absolute atomic E-state index is 11.3. The van der Waals surface area contributed by atoms with Crippen molar-refractivity contribution in [3.63, 3.8) is 0 Å². The molecule has 0 aromatic rings. The Morgan fingerprint density at radius 2 is 1.72 bits per heavy atom. The number of carbonyl (C=O) groups excluding carboxylic acids is 1. The van der Waals surface area contributed by atoms with Crippen LogP contribution in [0, 0.1) is 5.92 Å². The monoisotopic (exact) mass is 370 g/mol. The van der Waals surface area contributed by atoms with Gasteiger partial charge in [-0.3, -0.25) is 9.79 Å². The first-order valence-electron chi connectivity index (χ1n) is 6.26. The molecule has 0 bridgehead atoms. The molecule has 0 fully saturated rings. The van der Waals surface area contributed by atoms with Gasteiger partial charge in [-0.25, -0.2) is 0 Å². The molecule has 5 nitrogen and oxygen atoms in total. The molecule has 0 aliphatic rings. The molecule has 1 unspecified atom stereocenters. The van der Waals surface area contributed by atoms with E-state index in [1.54, 1.807) is 7.05 Å². The Balaban J connectivity index is 0. The molecule has 0 saturated carbocycles. The van der Waals surface area contributed by atoms with Gasteiger partial charge < -0.3 is 16.0 Å². The van der Waals surface area contributed by atoms with Crippen LogP contribution in [-0.4, -0.2) is 38.0 Å². The van der Waals surface area contributed by atoms with Gasteiger partial charge in [0, 0.05) is 32.1 Å². The largest absolute Gasteiger partial charge is 0.355 e. The first-order chi connectivity index (χ1) is 8.01. The summed E-state index contributed by atoms with van der Waals surface area (Å²) in [6, 6.07) is 0.395. The van der Waals surface area contributed by atoms with Gasteiger partial charge in [0.2, 0.25) is 5.91 Å². The van der Waals surface area contributed by atoms with Crippen LogP contribution in [0.15, 0.2) is 4.99 Å². The highest BCUT2D eigenvalue weighted by Crippen LogP contribution is 1.89. The Morgan fingerprint density at radius 3 is 2.17 bits per heavy atom. The van der Waals surface area contributed by atoms with Crippen LogP contribution < -0.4 is 16.0 Å². The van der Waals surface area contributed by atoms with Crippen molar-refractivity contribution >= 4 is 35.8 Å². The van der Waals surface area contributed by atoms with E-state index in [4.69, 9.17) is 0 Å². The van der Waals surface area contributed by atoms with Gasteiger partial charge >= 0.3 is 0 Å². The Labute approximate surface area is 128 Å². The Hall–Kier alpha value is -0.530. The van der Waals surface area contributed by atoms with Crippen LogP contribution in [0.3, 0.4) is 0 Å². The van der Waals surface area contributed by atoms with Crippen LogP contribution in [0.4, 0.5) is 0 Å². The average Bonchev–Trinajstić information content (AvgIpc) is 2.31. The van der Waals surface area contributed by atoms with E-state index >= 15 is 0 Å². The number of rotatable bonds is 6. The molecule has 0 aromatic carbocycles. The summed E-state index contributed by atoms with van der Waals surface area (Å²) in [6.07, 6.45) is 1.05. The number of guanidine groups is 1. The fourth-order valence-corrected chi connectivity index (χ4v) is 1.10. The zero-order chi connectivity index (χ0) is 13.3. The van der Waals surface area contributed by atoms with E-state index in [0.717, 1.165) is 12.4 Å². The highest BCUT2D eigenvalue weighted by Gasteiger charge is 2.05. The highest BCUT2D eigenvalue weighted by atomic mass is 127. The van der Waals surface area contributed by atoms with Gasteiger partial charge in [-0.05, 0) is 13.3 Å². The molecular weight excluding hydrogens is 343 g/mol. The van der Waals surface area contributed by atoms with Crippen LogP contribution in [-0.2, 0) is 4.79 Å². The van der Waals surface area contributed by atoms with Crippen LogP contribution in [0.25, 0.3) is 0 Å². The molecule has 1 amide bonds. The lowest BCUT2D eigenvalue weighted by molar-refractivity contribution is -0.123. The van der Waals surface area contributed by atoms with Gasteiger partial charge in [0.25, 0.3) is 0 Å². The third kappa shape index (κ3) is 9.49. The number of amides is 1. The normalized spacial score (nSPS) is 12.7. The first kappa shape index (κ1) is 19.8. The topological polar surface area (TPSA) is 65.5 Å². The minimum Gasteiger partial charge on any atom is -0.355 e. The molecule has 108 valence electrons. The van der Waals surface area contributed by atoms with E-state index < -0.39 is 0 Å². The third-order valence-electron chi connectivity index (χ3n) is 2.46. The number of nitrogens with zero attached hydrogens (tertiary/aromatic N) is 1. The summed E-state index contributed by atoms with van der Waals surface area (Å²) in [7, 11) is 1.74. The van der Waals surface area contributed by atoms with Crippen molar-refractivity contribution < 1.29 is 4.79 Å². The maximum atomic E-state index is 11.3. The van der Waals surface area contributed by atoms with Crippen molar-refractivity contribution in [2.75, 3.05) is 20.1 Å². The van der Waals surface area contributed by atoms with E-state index in [9.17, 15) is 4.79 Å². The summed E-state index contributed by atoms with van der Waals surface area (Å²) >= 11 is 0. The van der Waals surface area contributed by atoms with Crippen molar-refractivity contribution in [2.24, 2.45) is 10.9 Å². The lowest BCUT2D eigenvalue weighted by Gasteiger charge is -2.16. The van der Waals surface area contributed by atoms with Crippen molar-refractivity contribution in [1.82, 2.24) is 16.0 Å². The van der Waals surface area contributed by atoms with Gasteiger partial charge in [0.05, 0.1) is 0 Å². The van der Waals surface area contributed by atoms with Crippen LogP contribution in [0.1, 0.15) is 34.1 Å². The fraction of sp³-hybridized carbons (Fsp3) is 0.833. The van der Waals surface area contributed by atoms with E-state index in [-0.39, 0.29) is 35.8 Å². The van der Waals surface area contributed by atoms with Gasteiger partial charge in [-0.15, -0.1) is 24.0 Å². The van der Waals surface area contributed by atoms with Gasteiger partial charge in [0.1, 0.15) is 0 Å². The lowest BCUT2D eigenvalue weighted by Crippen LogP contribution is -2.45. The van der Waals surface area contributed by atoms with E-state index in [1.807, 2.05) is 13.8 Å². The molecule has 0 aliphatic carbocycles. The molecule has 6 heteroatoms. The SMILES string of the molecule is CCC(C)NC(=NC)NCCNC(=O)C(C)C.I. The predicted molar refractivity (Wildman–Crippen MR) is 87.5 cm³/mol. The van der Waals surface area contributed by atoms with Gasteiger partial charge in [0.15, 0.2) is 5.96 Å². The summed E-state index contributed by atoms with van der Waals surface area (Å²) in [6.45, 7) is 9.27. The minimum absolute atomic E-state index is 0. The molecular formula is C12H27IN4O. The van der Waals surface area contributed by atoms with Crippen LogP contribution in [0.2, 0.25) is 0 Å². The van der Waals surface area contributed by atoms with Crippen molar-refractivity contribution in [2.45, 2.75) is 40.2 Å². The van der Waals surface area contributed by atoms with E-state index in [0.29, 0.717) is 19.1 Å². The Kier molecular flexibility index (Phi) is 12.7. The number of halogens is 1. The molecule has 0 aromatic heterocycles. The van der Waals surface area contributed by atoms with E-state index in [1.165, 1.54) is 0 Å². The quantitative estimate of drug-likeness (QED) is 0.286. The first-order valence-corrected chi connectivity index (χ1v) is 6.26. The van der Waals surface area contributed by atoms with Crippen molar-refractivity contribution in [1.29, 1.82) is 0 Å². The van der Waals surface area contributed by atoms with Crippen LogP contribution >= 0.6 is 24.0 Å². The van der Waals surface area contributed by atoms with E-state index in [2.05, 4.69) is 34.8 Å². The summed E-state index contributed by atoms with van der Waals surface area (Å²) < 4.78 is 0. The standard InChI is InChI=1S/C12H26N4O.HI/c1-6-10(4)16-12(13-5)15-8-7-14-11(17)9(2)3;/h9-10H,6-8H2,1-5H3,(H,14,17)(H2,13,15,16);1H. The second-order valence-corrected chi connectivity index (χ2v) is 4.40. The molecule has 0 saturated heterocycles. The lowest BCUT2D eigenvalue weighted by atomic mass is 10.2. The summed E-state index contributed by atoms with van der Waals surface area (Å²) in [5.41, 5.74) is 0. The summed E-state index contributed by atoms with van der Waals surface area (Å²) in [5.74, 6) is 0.891. The Morgan fingerprint density at radius 1 is 1.17 bits per heavy atom. The molecule has 3 N–H and O–H groups in total. The maximum Gasteiger partial charge on any atom is 0.222 e. The molecule has 18 heavy (non-hydrogen) atoms. The number of hydrogen-bond donors (Lipinski definition) is 3. The minimum atomic E-state index is 0. The molecule has 0 radical (unpaired) electrons. The highest BCUT2D eigenvalue weighted by molar-refractivity contribution is 14.0. The van der Waals surface area contributed by atoms with Crippen molar-refractivity contribution in [3.05, 3.63) is 0 Å². The summed E-state index contributed by atoms with van der Waals surface area (Å²) in [4.78, 5) is 15.4. The second-order valence-electron chi connectivity index (χ2n) is 4.40. The number of nitrogens with one attached hydrogen (secondary N) is 3. The second kappa shape index (κ2) is 11.6. The Bertz CT molecular complexity index is 256. The molecule has 0 spiro atoms. The predicted octanol–water partition coefficient (Wildman–Crippen LogP) is 1.34. The molecule has 0 heterocycles. The smallest absolute Gasteiger partial charge is 0.222 e.